The highest BCUT2D eigenvalue weighted by Crippen LogP contribution is 2.25. The highest BCUT2D eigenvalue weighted by molar-refractivity contribution is 5.60. The van der Waals surface area contributed by atoms with Crippen molar-refractivity contribution in [2.45, 2.75) is 12.9 Å². The van der Waals surface area contributed by atoms with Crippen molar-refractivity contribution in [2.75, 3.05) is 0 Å². The molecule has 0 bridgehead atoms. The molecule has 1 aromatic carbocycles. The third-order valence-corrected chi connectivity index (χ3v) is 2.32. The number of nitrogens with two attached hydrogens (primary N) is 1. The molecule has 1 heterocycles. The quantitative estimate of drug-likeness (QED) is 0.930. The van der Waals surface area contributed by atoms with Gasteiger partial charge in [0.1, 0.15) is 12.1 Å². The molecular weight excluding hydrogens is 259 g/mol. The van der Waals surface area contributed by atoms with E-state index in [1.54, 1.807) is 6.07 Å². The van der Waals surface area contributed by atoms with Crippen LogP contribution < -0.4 is 10.5 Å². The summed E-state index contributed by atoms with van der Waals surface area (Å²) in [5.74, 6) is -0.274. The van der Waals surface area contributed by atoms with E-state index in [0.717, 1.165) is 0 Å². The Morgan fingerprint density at radius 2 is 1.79 bits per heavy atom. The van der Waals surface area contributed by atoms with Crippen molar-refractivity contribution >= 4 is 0 Å². The molecule has 0 saturated carbocycles. The summed E-state index contributed by atoms with van der Waals surface area (Å²) in [6.45, 7) is 0.269. The van der Waals surface area contributed by atoms with Crippen LogP contribution in [0, 0.1) is 0 Å². The highest BCUT2D eigenvalue weighted by Gasteiger charge is 2.30. The van der Waals surface area contributed by atoms with Crippen molar-refractivity contribution < 1.29 is 17.9 Å². The molecule has 100 valence electrons. The summed E-state index contributed by atoms with van der Waals surface area (Å²) in [6.07, 6.45) is -3.33. The summed E-state index contributed by atoms with van der Waals surface area (Å²) in [7, 11) is 0. The lowest BCUT2D eigenvalue weighted by molar-refractivity contribution is -0.274. The first-order valence-corrected chi connectivity index (χ1v) is 5.35. The Morgan fingerprint density at radius 3 is 2.37 bits per heavy atom. The van der Waals surface area contributed by atoms with Crippen molar-refractivity contribution in [1.29, 1.82) is 0 Å². The van der Waals surface area contributed by atoms with Crippen LogP contribution >= 0.6 is 0 Å². The van der Waals surface area contributed by atoms with Crippen molar-refractivity contribution in [1.82, 2.24) is 9.97 Å². The summed E-state index contributed by atoms with van der Waals surface area (Å²) < 4.78 is 39.8. The molecule has 0 spiro atoms. The lowest BCUT2D eigenvalue weighted by Gasteiger charge is -2.09. The highest BCUT2D eigenvalue weighted by atomic mass is 19.4. The molecule has 0 aliphatic carbocycles. The number of hydrogen-bond donors (Lipinski definition) is 1. The molecular formula is C12H10F3N3O. The number of alkyl halides is 3. The predicted octanol–water partition coefficient (Wildman–Crippen LogP) is 2.50. The maximum Gasteiger partial charge on any atom is 0.573 e. The van der Waals surface area contributed by atoms with Gasteiger partial charge in [-0.15, -0.1) is 13.2 Å². The Bertz CT molecular complexity index is 555. The van der Waals surface area contributed by atoms with Crippen LogP contribution in [0.1, 0.15) is 5.69 Å². The van der Waals surface area contributed by atoms with Crippen LogP contribution in [0.3, 0.4) is 0 Å². The Kier molecular flexibility index (Phi) is 3.66. The molecule has 0 unspecified atom stereocenters. The molecule has 1 aromatic heterocycles. The van der Waals surface area contributed by atoms with Gasteiger partial charge in [0.25, 0.3) is 0 Å². The molecule has 0 fully saturated rings. The molecule has 4 nitrogen and oxygen atoms in total. The lowest BCUT2D eigenvalue weighted by atomic mass is 10.1. The minimum atomic E-state index is -4.69. The maximum atomic E-state index is 12.0. The molecule has 0 aliphatic rings. The molecule has 7 heteroatoms. The van der Waals surface area contributed by atoms with E-state index in [2.05, 4.69) is 14.7 Å². The molecule has 19 heavy (non-hydrogen) atoms. The third kappa shape index (κ3) is 3.65. The van der Waals surface area contributed by atoms with E-state index < -0.39 is 6.36 Å². The van der Waals surface area contributed by atoms with E-state index in [0.29, 0.717) is 17.0 Å². The number of halogens is 3. The number of nitrogens with zero attached hydrogens (tertiary/aromatic N) is 2. The van der Waals surface area contributed by atoms with E-state index in [9.17, 15) is 13.2 Å². The molecule has 0 aliphatic heterocycles. The first-order valence-electron chi connectivity index (χ1n) is 5.35. The van der Waals surface area contributed by atoms with Gasteiger partial charge in [-0.05, 0) is 30.3 Å². The van der Waals surface area contributed by atoms with Gasteiger partial charge in [0, 0.05) is 12.1 Å². The average Bonchev–Trinajstić information content (AvgIpc) is 2.38. The van der Waals surface area contributed by atoms with Gasteiger partial charge < -0.3 is 10.5 Å². The monoisotopic (exact) mass is 269 g/mol. The number of aromatic nitrogens is 2. The van der Waals surface area contributed by atoms with Crippen molar-refractivity contribution in [3.63, 3.8) is 0 Å². The van der Waals surface area contributed by atoms with Crippen molar-refractivity contribution in [2.24, 2.45) is 5.73 Å². The maximum absolute atomic E-state index is 12.0. The van der Waals surface area contributed by atoms with E-state index in [4.69, 9.17) is 5.73 Å². The fourth-order valence-corrected chi connectivity index (χ4v) is 1.49. The number of rotatable bonds is 3. The fourth-order valence-electron chi connectivity index (χ4n) is 1.49. The zero-order chi connectivity index (χ0) is 13.9. The Hall–Kier alpha value is -2.15. The van der Waals surface area contributed by atoms with Crippen LogP contribution in [0.15, 0.2) is 36.7 Å². The Morgan fingerprint density at radius 1 is 1.11 bits per heavy atom. The SMILES string of the molecule is NCc1cc(-c2ccc(OC(F)(F)F)cc2)ncn1. The number of benzene rings is 1. The van der Waals surface area contributed by atoms with E-state index >= 15 is 0 Å². The van der Waals surface area contributed by atoms with Gasteiger partial charge >= 0.3 is 6.36 Å². The zero-order valence-electron chi connectivity index (χ0n) is 9.69. The molecule has 2 rings (SSSR count). The minimum absolute atomic E-state index is 0.269. The molecule has 2 N–H and O–H groups in total. The van der Waals surface area contributed by atoms with Crippen LogP contribution in [0.4, 0.5) is 13.2 Å². The van der Waals surface area contributed by atoms with Crippen LogP contribution in [-0.2, 0) is 6.54 Å². The topological polar surface area (TPSA) is 61.0 Å². The molecule has 0 atom stereocenters. The van der Waals surface area contributed by atoms with Crippen LogP contribution in [0.5, 0.6) is 5.75 Å². The third-order valence-electron chi connectivity index (χ3n) is 2.32. The predicted molar refractivity (Wildman–Crippen MR) is 62.0 cm³/mol. The standard InChI is InChI=1S/C12H10F3N3O/c13-12(14,15)19-10-3-1-8(2-4-10)11-5-9(6-16)17-7-18-11/h1-5,7H,6,16H2. The molecule has 0 radical (unpaired) electrons. The van der Waals surface area contributed by atoms with Crippen molar-refractivity contribution in [3.8, 4) is 17.0 Å². The second-order valence-electron chi connectivity index (χ2n) is 3.67. The average molecular weight is 269 g/mol. The largest absolute Gasteiger partial charge is 0.573 e. The fraction of sp³-hybridized carbons (Fsp3) is 0.167. The van der Waals surface area contributed by atoms with Crippen LogP contribution in [0.2, 0.25) is 0 Å². The second kappa shape index (κ2) is 5.23. The summed E-state index contributed by atoms with van der Waals surface area (Å²) >= 11 is 0. The summed E-state index contributed by atoms with van der Waals surface area (Å²) in [4.78, 5) is 7.97. The number of hydrogen-bond acceptors (Lipinski definition) is 4. The first-order chi connectivity index (χ1) is 8.98. The van der Waals surface area contributed by atoms with Gasteiger partial charge in [-0.1, -0.05) is 0 Å². The Balaban J connectivity index is 2.22. The summed E-state index contributed by atoms with van der Waals surface area (Å²) in [6, 6.07) is 7.12. The summed E-state index contributed by atoms with van der Waals surface area (Å²) in [5.41, 5.74) is 7.36. The normalized spacial score (nSPS) is 11.4. The van der Waals surface area contributed by atoms with Crippen LogP contribution in [-0.4, -0.2) is 16.3 Å². The zero-order valence-corrected chi connectivity index (χ0v) is 9.69. The first kappa shape index (κ1) is 13.3. The number of ether oxygens (including phenoxy) is 1. The molecule has 0 saturated heterocycles. The van der Waals surface area contributed by atoms with Gasteiger partial charge in [-0.3, -0.25) is 0 Å². The molecule has 2 aromatic rings. The smallest absolute Gasteiger partial charge is 0.406 e. The van der Waals surface area contributed by atoms with Gasteiger partial charge in [0.15, 0.2) is 0 Å². The Labute approximate surface area is 107 Å². The van der Waals surface area contributed by atoms with Gasteiger partial charge in [0.2, 0.25) is 0 Å². The van der Waals surface area contributed by atoms with Crippen molar-refractivity contribution in [3.05, 3.63) is 42.4 Å². The lowest BCUT2D eigenvalue weighted by Crippen LogP contribution is -2.16. The minimum Gasteiger partial charge on any atom is -0.406 e. The van der Waals surface area contributed by atoms with E-state index in [1.165, 1.54) is 30.6 Å². The van der Waals surface area contributed by atoms with E-state index in [-0.39, 0.29) is 12.3 Å². The van der Waals surface area contributed by atoms with E-state index in [1.807, 2.05) is 0 Å². The van der Waals surface area contributed by atoms with Gasteiger partial charge in [-0.2, -0.15) is 0 Å². The van der Waals surface area contributed by atoms with Gasteiger partial charge in [0.05, 0.1) is 11.4 Å². The second-order valence-corrected chi connectivity index (χ2v) is 3.67. The summed E-state index contributed by atoms with van der Waals surface area (Å²) in [5, 5.41) is 0. The van der Waals surface area contributed by atoms with Gasteiger partial charge in [-0.25, -0.2) is 9.97 Å². The van der Waals surface area contributed by atoms with Crippen LogP contribution in [0.25, 0.3) is 11.3 Å². The molecule has 0 amide bonds.